The van der Waals surface area contributed by atoms with Crippen molar-refractivity contribution in [2.24, 2.45) is 0 Å². The van der Waals surface area contributed by atoms with Crippen molar-refractivity contribution >= 4 is 68.9 Å². The number of carboxylic acids is 1. The molecule has 0 saturated carbocycles. The monoisotopic (exact) mass is 642 g/mol. The summed E-state index contributed by atoms with van der Waals surface area (Å²) < 4.78 is 5.21. The lowest BCUT2D eigenvalue weighted by Crippen LogP contribution is -2.54. The van der Waals surface area contributed by atoms with Crippen molar-refractivity contribution in [2.75, 3.05) is 30.0 Å². The number of ether oxygens (including phenoxy) is 1. The van der Waals surface area contributed by atoms with Crippen molar-refractivity contribution in [3.63, 3.8) is 0 Å². The molecule has 0 spiro atoms. The third-order valence-electron chi connectivity index (χ3n) is 6.69. The molecule has 0 bridgehead atoms. The number of anilines is 1. The first kappa shape index (κ1) is 32.5. The molecule has 2 aromatic rings. The molecule has 2 aromatic carbocycles. The van der Waals surface area contributed by atoms with Crippen molar-refractivity contribution in [3.05, 3.63) is 65.2 Å². The maximum Gasteiger partial charge on any atom is 0.411 e. The number of hydrogen-bond acceptors (Lipinski definition) is 10. The summed E-state index contributed by atoms with van der Waals surface area (Å²) in [7, 11) is 2.94. The molecule has 1 fully saturated rings. The number of hydrogen-bond donors (Lipinski definition) is 3. The molecule has 1 saturated heterocycles. The molecule has 15 heteroatoms. The number of aliphatic carboxylic acids is 1. The molecular formula is C29H30N4O9S2. The van der Waals surface area contributed by atoms with E-state index in [9.17, 15) is 33.6 Å². The number of carbonyl (C=O) groups is 7. The Hall–Kier alpha value is -4.37. The van der Waals surface area contributed by atoms with Gasteiger partial charge < -0.3 is 14.7 Å². The van der Waals surface area contributed by atoms with Crippen LogP contribution < -0.4 is 10.6 Å². The minimum Gasteiger partial charge on any atom is -0.480 e. The van der Waals surface area contributed by atoms with Crippen LogP contribution in [-0.4, -0.2) is 87.2 Å². The molecular weight excluding hydrogens is 612 g/mol. The van der Waals surface area contributed by atoms with Crippen LogP contribution in [0.4, 0.5) is 10.5 Å². The van der Waals surface area contributed by atoms with Crippen LogP contribution in [0.15, 0.2) is 48.5 Å². The lowest BCUT2D eigenvalue weighted by Gasteiger charge is -2.27. The topological polar surface area (TPSA) is 179 Å². The van der Waals surface area contributed by atoms with Crippen LogP contribution in [0, 0.1) is 0 Å². The summed E-state index contributed by atoms with van der Waals surface area (Å²) in [5.74, 6) is -2.86. The predicted molar refractivity (Wildman–Crippen MR) is 162 cm³/mol. The molecule has 44 heavy (non-hydrogen) atoms. The van der Waals surface area contributed by atoms with Gasteiger partial charge in [-0.3, -0.25) is 44.3 Å². The van der Waals surface area contributed by atoms with Gasteiger partial charge in [-0.2, -0.15) is 0 Å². The number of benzene rings is 2. The molecule has 1 atom stereocenters. The highest BCUT2D eigenvalue weighted by atomic mass is 33.1. The number of amides is 6. The smallest absolute Gasteiger partial charge is 0.411 e. The summed E-state index contributed by atoms with van der Waals surface area (Å²) in [6.45, 7) is -0.0804. The van der Waals surface area contributed by atoms with Crippen LogP contribution in [-0.2, 0) is 30.5 Å². The molecule has 2 aliphatic heterocycles. The zero-order valence-corrected chi connectivity index (χ0v) is 25.1. The Bertz CT molecular complexity index is 1450. The van der Waals surface area contributed by atoms with Crippen molar-refractivity contribution in [1.29, 1.82) is 0 Å². The SMILES string of the molecule is O=C(O)CN(Cc1ccccc1)C(=O)CCSSCCCOC(=O)Nc1cccc2c1C(=O)N(C1CCC(=O)NC1=O)C2=O. The Balaban J connectivity index is 1.16. The standard InChI is InChI=1S/C29H30N4O9S2/c34-22-11-10-21(26(38)31-22)33-27(39)19-8-4-9-20(25(19)28(33)40)30-29(41)42-13-5-14-43-44-15-12-23(35)32(17-24(36)37)16-18-6-2-1-3-7-18/h1-4,6-9,21H,5,10-17H2,(H,30,41)(H,36,37)(H,31,34,38). The fraction of sp³-hybridized carbons (Fsp3) is 0.345. The van der Waals surface area contributed by atoms with Gasteiger partial charge in [0.15, 0.2) is 0 Å². The van der Waals surface area contributed by atoms with E-state index in [4.69, 9.17) is 9.84 Å². The number of carbonyl (C=O) groups excluding carboxylic acids is 6. The van der Waals surface area contributed by atoms with Gasteiger partial charge >= 0.3 is 12.1 Å². The van der Waals surface area contributed by atoms with Gasteiger partial charge in [0.25, 0.3) is 11.8 Å². The highest BCUT2D eigenvalue weighted by Gasteiger charge is 2.45. The molecule has 2 aliphatic rings. The number of carboxylic acid groups (broad SMARTS) is 1. The van der Waals surface area contributed by atoms with E-state index in [-0.39, 0.29) is 61.7 Å². The highest BCUT2D eigenvalue weighted by molar-refractivity contribution is 8.76. The second-order valence-electron chi connectivity index (χ2n) is 9.81. The number of nitrogens with zero attached hydrogens (tertiary/aromatic N) is 2. The maximum atomic E-state index is 13.1. The Morgan fingerprint density at radius 3 is 2.48 bits per heavy atom. The zero-order chi connectivity index (χ0) is 31.6. The van der Waals surface area contributed by atoms with E-state index < -0.39 is 41.7 Å². The minimum absolute atomic E-state index is 0.00366. The first-order valence-corrected chi connectivity index (χ1v) is 16.2. The van der Waals surface area contributed by atoms with E-state index in [1.807, 2.05) is 30.3 Å². The number of piperidine rings is 1. The highest BCUT2D eigenvalue weighted by Crippen LogP contribution is 2.32. The molecule has 13 nitrogen and oxygen atoms in total. The van der Waals surface area contributed by atoms with Crippen LogP contribution in [0.2, 0.25) is 0 Å². The van der Waals surface area contributed by atoms with Crippen LogP contribution >= 0.6 is 21.6 Å². The third kappa shape index (κ3) is 8.38. The summed E-state index contributed by atoms with van der Waals surface area (Å²) in [6.07, 6.45) is -0.119. The molecule has 4 rings (SSSR count). The molecule has 6 amide bonds. The summed E-state index contributed by atoms with van der Waals surface area (Å²) >= 11 is 0. The summed E-state index contributed by atoms with van der Waals surface area (Å²) in [4.78, 5) is 88.1. The van der Waals surface area contributed by atoms with E-state index in [1.165, 1.54) is 44.7 Å². The molecule has 0 aromatic heterocycles. The summed E-state index contributed by atoms with van der Waals surface area (Å²) in [6, 6.07) is 12.4. The molecule has 0 radical (unpaired) electrons. The van der Waals surface area contributed by atoms with Crippen LogP contribution in [0.5, 0.6) is 0 Å². The maximum absolute atomic E-state index is 13.1. The van der Waals surface area contributed by atoms with Gasteiger partial charge in [0.2, 0.25) is 17.7 Å². The van der Waals surface area contributed by atoms with Crippen LogP contribution in [0.25, 0.3) is 0 Å². The van der Waals surface area contributed by atoms with Gasteiger partial charge in [-0.1, -0.05) is 58.0 Å². The van der Waals surface area contributed by atoms with Crippen molar-refractivity contribution in [2.45, 2.75) is 38.3 Å². The molecule has 0 aliphatic carbocycles. The van der Waals surface area contributed by atoms with Gasteiger partial charge in [0.1, 0.15) is 12.6 Å². The van der Waals surface area contributed by atoms with Gasteiger partial charge in [-0.25, -0.2) is 4.79 Å². The van der Waals surface area contributed by atoms with Crippen molar-refractivity contribution in [1.82, 2.24) is 15.1 Å². The lowest BCUT2D eigenvalue weighted by atomic mass is 10.0. The van der Waals surface area contributed by atoms with Crippen molar-refractivity contribution in [3.8, 4) is 0 Å². The predicted octanol–water partition coefficient (Wildman–Crippen LogP) is 2.91. The molecule has 2 heterocycles. The number of nitrogens with one attached hydrogen (secondary N) is 2. The Morgan fingerprint density at radius 2 is 1.75 bits per heavy atom. The first-order valence-electron chi connectivity index (χ1n) is 13.7. The number of imide groups is 2. The van der Waals surface area contributed by atoms with Crippen molar-refractivity contribution < 1.29 is 43.4 Å². The Kier molecular flexibility index (Phi) is 11.4. The van der Waals surface area contributed by atoms with E-state index in [2.05, 4.69) is 10.6 Å². The second-order valence-corrected chi connectivity index (χ2v) is 12.5. The second kappa shape index (κ2) is 15.4. The average Bonchev–Trinajstić information content (AvgIpc) is 3.24. The third-order valence-corrected chi connectivity index (χ3v) is 9.18. The van der Waals surface area contributed by atoms with Gasteiger partial charge in [-0.15, -0.1) is 0 Å². The first-order chi connectivity index (χ1) is 21.2. The quantitative estimate of drug-likeness (QED) is 0.157. The summed E-state index contributed by atoms with van der Waals surface area (Å²) in [5.41, 5.74) is 0.903. The van der Waals surface area contributed by atoms with Crippen LogP contribution in [0.1, 0.15) is 52.0 Å². The van der Waals surface area contributed by atoms with Crippen LogP contribution in [0.3, 0.4) is 0 Å². The average molecular weight is 643 g/mol. The van der Waals surface area contributed by atoms with Gasteiger partial charge in [-0.05, 0) is 30.5 Å². The Labute approximate surface area is 260 Å². The minimum atomic E-state index is -1.12. The molecule has 232 valence electrons. The normalized spacial score (nSPS) is 15.9. The van der Waals surface area contributed by atoms with E-state index in [0.29, 0.717) is 17.9 Å². The number of rotatable bonds is 14. The van der Waals surface area contributed by atoms with E-state index in [1.54, 1.807) is 0 Å². The largest absolute Gasteiger partial charge is 0.480 e. The molecule has 1 unspecified atom stereocenters. The summed E-state index contributed by atoms with van der Waals surface area (Å²) in [5, 5.41) is 13.8. The van der Waals surface area contributed by atoms with E-state index in [0.717, 1.165) is 10.5 Å². The van der Waals surface area contributed by atoms with E-state index >= 15 is 0 Å². The molecule has 3 N–H and O–H groups in total. The fourth-order valence-electron chi connectivity index (χ4n) is 4.65. The van der Waals surface area contributed by atoms with Gasteiger partial charge in [0, 0.05) is 30.9 Å². The number of fused-ring (bicyclic) bond motifs is 1. The van der Waals surface area contributed by atoms with Gasteiger partial charge in [0.05, 0.1) is 23.4 Å². The lowest BCUT2D eigenvalue weighted by molar-refractivity contribution is -0.144. The zero-order valence-electron chi connectivity index (χ0n) is 23.5. The fourth-order valence-corrected chi connectivity index (χ4v) is 6.69. The Morgan fingerprint density at radius 1 is 1.00 bits per heavy atom.